The summed E-state index contributed by atoms with van der Waals surface area (Å²) in [4.78, 5) is 10.9. The molecule has 2 N–H and O–H groups in total. The molecule has 1 aromatic carbocycles. The van der Waals surface area contributed by atoms with Gasteiger partial charge in [0.25, 0.3) is 0 Å². The van der Waals surface area contributed by atoms with E-state index in [2.05, 4.69) is 0 Å². The summed E-state index contributed by atoms with van der Waals surface area (Å²) in [5.41, 5.74) is 0.737. The van der Waals surface area contributed by atoms with Gasteiger partial charge in [0.05, 0.1) is 13.2 Å². The summed E-state index contributed by atoms with van der Waals surface area (Å²) in [7, 11) is 1.47. The van der Waals surface area contributed by atoms with Gasteiger partial charge >= 0.3 is 5.97 Å². The summed E-state index contributed by atoms with van der Waals surface area (Å²) in [6.07, 6.45) is -1.06. The first-order valence-corrected chi connectivity index (χ1v) is 6.86. The number of hydrogen-bond acceptors (Lipinski definition) is 5. The van der Waals surface area contributed by atoms with Crippen LogP contribution in [0.5, 0.6) is 11.5 Å². The van der Waals surface area contributed by atoms with Crippen molar-refractivity contribution in [3.05, 3.63) is 23.3 Å². The molecule has 0 saturated heterocycles. The van der Waals surface area contributed by atoms with E-state index in [1.165, 1.54) is 13.2 Å². The van der Waals surface area contributed by atoms with Crippen LogP contribution in [0.1, 0.15) is 22.3 Å². The molecule has 2 rings (SSSR count). The predicted molar refractivity (Wildman–Crippen MR) is 73.7 cm³/mol. The van der Waals surface area contributed by atoms with E-state index in [0.29, 0.717) is 17.7 Å². The number of aliphatic hydroxyl groups excluding tert-OH is 1. The summed E-state index contributed by atoms with van der Waals surface area (Å²) in [6, 6.07) is 3.01. The van der Waals surface area contributed by atoms with Crippen LogP contribution in [0.3, 0.4) is 0 Å². The quantitative estimate of drug-likeness (QED) is 0.656. The maximum atomic E-state index is 11.9. The Morgan fingerprint density at radius 2 is 2.20 bits per heavy atom. The topological polar surface area (TPSA) is 76.0 Å². The zero-order valence-corrected chi connectivity index (χ0v) is 12.2. The van der Waals surface area contributed by atoms with E-state index >= 15 is 0 Å². The maximum absolute atomic E-state index is 11.9. The summed E-state index contributed by atoms with van der Waals surface area (Å²) < 4.78 is 10.2. The summed E-state index contributed by atoms with van der Waals surface area (Å²) in [5, 5.41) is 19.5. The van der Waals surface area contributed by atoms with Gasteiger partial charge in [-0.3, -0.25) is 0 Å². The molecule has 110 valence electrons. The fourth-order valence-corrected chi connectivity index (χ4v) is 2.38. The average molecular weight is 321 g/mol. The van der Waals surface area contributed by atoms with Gasteiger partial charge in [0.2, 0.25) is 0 Å². The SMILES string of the molecule is COc1cc(O)c2c(c1)CC(CC(O)C(Cl)Cl)OC2=O. The van der Waals surface area contributed by atoms with Crippen LogP contribution >= 0.6 is 23.2 Å². The summed E-state index contributed by atoms with van der Waals surface area (Å²) >= 11 is 11.1. The third kappa shape index (κ3) is 3.11. The standard InChI is InChI=1S/C13H14Cl2O5/c1-19-7-2-6-3-8(5-10(17)12(14)15)20-13(18)11(6)9(16)4-7/h2,4,8,10,12,16-17H,3,5H2,1H3. The highest BCUT2D eigenvalue weighted by Gasteiger charge is 2.32. The number of halogens is 2. The lowest BCUT2D eigenvalue weighted by molar-refractivity contribution is 0.0114. The monoisotopic (exact) mass is 320 g/mol. The number of methoxy groups -OCH3 is 1. The molecule has 1 aliphatic heterocycles. The number of carbonyl (C=O) groups is 1. The number of aromatic hydroxyl groups is 1. The molecule has 1 aliphatic rings. The van der Waals surface area contributed by atoms with Crippen molar-refractivity contribution in [2.45, 2.75) is 29.9 Å². The summed E-state index contributed by atoms with van der Waals surface area (Å²) in [5.74, 6) is -0.372. The Bertz CT molecular complexity index is 518. The largest absolute Gasteiger partial charge is 0.507 e. The van der Waals surface area contributed by atoms with E-state index in [1.54, 1.807) is 6.07 Å². The van der Waals surface area contributed by atoms with Crippen molar-refractivity contribution in [2.24, 2.45) is 0 Å². The van der Waals surface area contributed by atoms with E-state index in [4.69, 9.17) is 32.7 Å². The highest BCUT2D eigenvalue weighted by Crippen LogP contribution is 2.34. The van der Waals surface area contributed by atoms with Crippen LogP contribution in [0.25, 0.3) is 0 Å². The number of ether oxygens (including phenoxy) is 2. The van der Waals surface area contributed by atoms with Gasteiger partial charge in [-0.2, -0.15) is 0 Å². The molecular weight excluding hydrogens is 307 g/mol. The van der Waals surface area contributed by atoms with E-state index in [0.717, 1.165) is 0 Å². The molecule has 2 unspecified atom stereocenters. The highest BCUT2D eigenvalue weighted by atomic mass is 35.5. The van der Waals surface area contributed by atoms with Gasteiger partial charge in [-0.15, -0.1) is 23.2 Å². The molecule has 0 aliphatic carbocycles. The zero-order chi connectivity index (χ0) is 14.9. The molecule has 0 saturated carbocycles. The first kappa shape index (κ1) is 15.2. The molecule has 20 heavy (non-hydrogen) atoms. The van der Waals surface area contributed by atoms with Crippen LogP contribution < -0.4 is 4.74 Å². The van der Waals surface area contributed by atoms with E-state index in [-0.39, 0.29) is 17.7 Å². The Balaban J connectivity index is 2.24. The minimum absolute atomic E-state index is 0.126. The normalized spacial score (nSPS) is 19.4. The average Bonchev–Trinajstić information content (AvgIpc) is 2.37. The molecule has 5 nitrogen and oxygen atoms in total. The van der Waals surface area contributed by atoms with Gasteiger partial charge in [0, 0.05) is 18.9 Å². The van der Waals surface area contributed by atoms with Crippen LogP contribution in [0.15, 0.2) is 12.1 Å². The van der Waals surface area contributed by atoms with Crippen molar-refractivity contribution >= 4 is 29.2 Å². The van der Waals surface area contributed by atoms with Crippen molar-refractivity contribution in [3.63, 3.8) is 0 Å². The number of carbonyl (C=O) groups excluding carboxylic acids is 1. The molecule has 0 aromatic heterocycles. The Hall–Kier alpha value is -1.17. The van der Waals surface area contributed by atoms with E-state index in [1.807, 2.05) is 0 Å². The number of fused-ring (bicyclic) bond motifs is 1. The molecule has 1 heterocycles. The number of esters is 1. The fraction of sp³-hybridized carbons (Fsp3) is 0.462. The first-order chi connectivity index (χ1) is 9.42. The summed E-state index contributed by atoms with van der Waals surface area (Å²) in [6.45, 7) is 0. The molecule has 0 bridgehead atoms. The van der Waals surface area contributed by atoms with Gasteiger partial charge in [0.1, 0.15) is 28.0 Å². The Morgan fingerprint density at radius 1 is 1.50 bits per heavy atom. The van der Waals surface area contributed by atoms with Crippen LogP contribution in [0.4, 0.5) is 0 Å². The number of hydrogen-bond donors (Lipinski definition) is 2. The third-order valence-corrected chi connectivity index (χ3v) is 3.71. The number of benzene rings is 1. The van der Waals surface area contributed by atoms with Crippen LogP contribution in [-0.2, 0) is 11.2 Å². The van der Waals surface area contributed by atoms with Gasteiger partial charge in [0.15, 0.2) is 0 Å². The van der Waals surface area contributed by atoms with Gasteiger partial charge < -0.3 is 19.7 Å². The third-order valence-electron chi connectivity index (χ3n) is 3.13. The second-order valence-corrected chi connectivity index (χ2v) is 5.71. The minimum atomic E-state index is -0.989. The number of rotatable bonds is 4. The zero-order valence-electron chi connectivity index (χ0n) is 10.7. The van der Waals surface area contributed by atoms with Gasteiger partial charge in [-0.25, -0.2) is 4.79 Å². The van der Waals surface area contributed by atoms with Crippen LogP contribution in [0, 0.1) is 0 Å². The lowest BCUT2D eigenvalue weighted by Gasteiger charge is -2.27. The van der Waals surface area contributed by atoms with Gasteiger partial charge in [-0.1, -0.05) is 0 Å². The minimum Gasteiger partial charge on any atom is -0.507 e. The van der Waals surface area contributed by atoms with Crippen molar-refractivity contribution in [1.29, 1.82) is 0 Å². The Morgan fingerprint density at radius 3 is 2.80 bits per heavy atom. The van der Waals surface area contributed by atoms with E-state index in [9.17, 15) is 15.0 Å². The van der Waals surface area contributed by atoms with Crippen molar-refractivity contribution in [3.8, 4) is 11.5 Å². The lowest BCUT2D eigenvalue weighted by atomic mass is 9.95. The van der Waals surface area contributed by atoms with Crippen LogP contribution in [-0.4, -0.2) is 40.3 Å². The molecule has 1 aromatic rings. The number of phenolic OH excluding ortho intramolecular Hbond substituents is 1. The Labute approximate surface area is 126 Å². The second kappa shape index (κ2) is 6.08. The molecule has 0 amide bonds. The number of alkyl halides is 2. The highest BCUT2D eigenvalue weighted by molar-refractivity contribution is 6.44. The van der Waals surface area contributed by atoms with Crippen molar-refractivity contribution < 1.29 is 24.5 Å². The number of aliphatic hydroxyl groups is 1. The number of cyclic esters (lactones) is 1. The fourth-order valence-electron chi connectivity index (χ4n) is 2.17. The molecule has 7 heteroatoms. The van der Waals surface area contributed by atoms with Gasteiger partial charge in [-0.05, 0) is 11.6 Å². The van der Waals surface area contributed by atoms with E-state index < -0.39 is 23.0 Å². The molecular formula is C13H14Cl2O5. The molecule has 2 atom stereocenters. The molecule has 0 radical (unpaired) electrons. The molecule has 0 fully saturated rings. The molecule has 0 spiro atoms. The maximum Gasteiger partial charge on any atom is 0.342 e. The predicted octanol–water partition coefficient (Wildman–Crippen LogP) is 2.04. The number of phenols is 1. The smallest absolute Gasteiger partial charge is 0.342 e. The first-order valence-electron chi connectivity index (χ1n) is 5.99. The van der Waals surface area contributed by atoms with Crippen molar-refractivity contribution in [2.75, 3.05) is 7.11 Å². The van der Waals surface area contributed by atoms with Crippen molar-refractivity contribution in [1.82, 2.24) is 0 Å². The lowest BCUT2D eigenvalue weighted by Crippen LogP contribution is -2.32. The Kier molecular flexibility index (Phi) is 4.62. The second-order valence-electron chi connectivity index (χ2n) is 4.55. The van der Waals surface area contributed by atoms with Crippen LogP contribution in [0.2, 0.25) is 0 Å².